The van der Waals surface area contributed by atoms with Crippen LogP contribution in [0, 0.1) is 0 Å². The maximum absolute atomic E-state index is 12.9. The monoisotopic (exact) mass is 398 g/mol. The molecule has 0 saturated carbocycles. The summed E-state index contributed by atoms with van der Waals surface area (Å²) < 4.78 is 17.0. The van der Waals surface area contributed by atoms with Crippen LogP contribution in [0.15, 0.2) is 42.6 Å². The molecule has 29 heavy (non-hydrogen) atoms. The summed E-state index contributed by atoms with van der Waals surface area (Å²) in [6, 6.07) is 10.3. The van der Waals surface area contributed by atoms with Gasteiger partial charge in [-0.2, -0.15) is 0 Å². The van der Waals surface area contributed by atoms with E-state index in [1.165, 1.54) is 14.2 Å². The molecule has 0 aliphatic carbocycles. The first-order chi connectivity index (χ1) is 14.1. The van der Waals surface area contributed by atoms with Crippen LogP contribution in [-0.2, 0) is 4.74 Å². The number of aromatic nitrogens is 2. The first kappa shape index (κ1) is 20.2. The summed E-state index contributed by atoms with van der Waals surface area (Å²) in [7, 11) is 4.60. The molecule has 0 spiro atoms. The molecule has 2 heterocycles. The van der Waals surface area contributed by atoms with E-state index in [1.807, 2.05) is 0 Å². The van der Waals surface area contributed by atoms with E-state index in [1.54, 1.807) is 54.1 Å². The SMILES string of the molecule is COCCNC(=O)c1nc(C(=O)Nc2ccc(OC)c(OC)c2)n2ccccc12. The van der Waals surface area contributed by atoms with E-state index >= 15 is 0 Å². The normalized spacial score (nSPS) is 10.6. The van der Waals surface area contributed by atoms with Crippen molar-refractivity contribution in [2.75, 3.05) is 39.8 Å². The van der Waals surface area contributed by atoms with Crippen molar-refractivity contribution in [3.05, 3.63) is 54.1 Å². The summed E-state index contributed by atoms with van der Waals surface area (Å²) in [6.07, 6.45) is 1.68. The van der Waals surface area contributed by atoms with Gasteiger partial charge >= 0.3 is 0 Å². The maximum atomic E-state index is 12.9. The molecule has 9 heteroatoms. The highest BCUT2D eigenvalue weighted by atomic mass is 16.5. The second-order valence-electron chi connectivity index (χ2n) is 6.01. The lowest BCUT2D eigenvalue weighted by atomic mass is 10.2. The molecule has 0 fully saturated rings. The molecule has 0 aliphatic heterocycles. The molecule has 0 bridgehead atoms. The molecule has 1 aromatic carbocycles. The van der Waals surface area contributed by atoms with Crippen molar-refractivity contribution in [3.8, 4) is 11.5 Å². The Hall–Kier alpha value is -3.59. The number of methoxy groups -OCH3 is 3. The van der Waals surface area contributed by atoms with E-state index in [0.717, 1.165) is 0 Å². The fourth-order valence-electron chi connectivity index (χ4n) is 2.82. The van der Waals surface area contributed by atoms with Crippen molar-refractivity contribution >= 4 is 23.0 Å². The molecule has 2 N–H and O–H groups in total. The predicted octanol–water partition coefficient (Wildman–Crippen LogP) is 1.98. The van der Waals surface area contributed by atoms with Crippen molar-refractivity contribution in [3.63, 3.8) is 0 Å². The maximum Gasteiger partial charge on any atom is 0.292 e. The Kier molecular flexibility index (Phi) is 6.30. The second kappa shape index (κ2) is 9.07. The van der Waals surface area contributed by atoms with Crippen LogP contribution in [0.2, 0.25) is 0 Å². The van der Waals surface area contributed by atoms with E-state index in [-0.39, 0.29) is 17.4 Å². The largest absolute Gasteiger partial charge is 0.493 e. The van der Waals surface area contributed by atoms with Crippen LogP contribution in [0.4, 0.5) is 5.69 Å². The van der Waals surface area contributed by atoms with Crippen LogP contribution in [0.25, 0.3) is 5.52 Å². The molecule has 3 rings (SSSR count). The minimum atomic E-state index is -0.464. The molecular formula is C20H22N4O5. The van der Waals surface area contributed by atoms with Gasteiger partial charge in [0.15, 0.2) is 17.2 Å². The molecule has 0 unspecified atom stereocenters. The van der Waals surface area contributed by atoms with Crippen LogP contribution in [0.3, 0.4) is 0 Å². The van der Waals surface area contributed by atoms with Gasteiger partial charge in [-0.05, 0) is 24.3 Å². The van der Waals surface area contributed by atoms with E-state index in [9.17, 15) is 9.59 Å². The molecule has 2 aromatic heterocycles. The number of nitrogens with one attached hydrogen (secondary N) is 2. The third-order valence-electron chi connectivity index (χ3n) is 4.20. The molecule has 3 aromatic rings. The highest BCUT2D eigenvalue weighted by molar-refractivity contribution is 6.06. The molecule has 0 aliphatic rings. The fraction of sp³-hybridized carbons (Fsp3) is 0.250. The lowest BCUT2D eigenvalue weighted by Gasteiger charge is -2.10. The third-order valence-corrected chi connectivity index (χ3v) is 4.20. The standard InChI is InChI=1S/C20H22N4O5/c1-27-11-9-21-19(25)17-14-6-4-5-10-24(14)18(23-17)20(26)22-13-7-8-15(28-2)16(12-13)29-3/h4-8,10,12H,9,11H2,1-3H3,(H,21,25)(H,22,26). The Balaban J connectivity index is 1.89. The Labute approximate surface area is 167 Å². The van der Waals surface area contributed by atoms with Gasteiger partial charge in [0.1, 0.15) is 0 Å². The number of hydrogen-bond donors (Lipinski definition) is 2. The molecule has 0 radical (unpaired) electrons. The highest BCUT2D eigenvalue weighted by Gasteiger charge is 2.21. The van der Waals surface area contributed by atoms with Gasteiger partial charge in [-0.1, -0.05) is 6.07 Å². The topological polar surface area (TPSA) is 103 Å². The summed E-state index contributed by atoms with van der Waals surface area (Å²) in [5.74, 6) is 0.279. The Morgan fingerprint density at radius 3 is 2.55 bits per heavy atom. The number of fused-ring (bicyclic) bond motifs is 1. The molecule has 9 nitrogen and oxygen atoms in total. The number of hydrogen-bond acceptors (Lipinski definition) is 6. The Bertz CT molecular complexity index is 1030. The Morgan fingerprint density at radius 2 is 1.83 bits per heavy atom. The summed E-state index contributed by atoms with van der Waals surface area (Å²) in [5.41, 5.74) is 1.20. The number of carbonyl (C=O) groups is 2. The van der Waals surface area contributed by atoms with E-state index in [0.29, 0.717) is 35.9 Å². The van der Waals surface area contributed by atoms with Gasteiger partial charge in [0, 0.05) is 31.6 Å². The molecular weight excluding hydrogens is 376 g/mol. The number of rotatable bonds is 8. The number of pyridine rings is 1. The quantitative estimate of drug-likeness (QED) is 0.563. The lowest BCUT2D eigenvalue weighted by molar-refractivity contribution is 0.0934. The number of ether oxygens (including phenoxy) is 3. The first-order valence-corrected chi connectivity index (χ1v) is 8.86. The molecule has 0 atom stereocenters. The number of imidazole rings is 1. The van der Waals surface area contributed by atoms with Crippen molar-refractivity contribution in [2.24, 2.45) is 0 Å². The van der Waals surface area contributed by atoms with Crippen LogP contribution < -0.4 is 20.1 Å². The van der Waals surface area contributed by atoms with Gasteiger partial charge in [-0.25, -0.2) is 4.98 Å². The number of anilines is 1. The predicted molar refractivity (Wildman–Crippen MR) is 107 cm³/mol. The minimum absolute atomic E-state index is 0.0901. The van der Waals surface area contributed by atoms with Gasteiger partial charge in [0.25, 0.3) is 11.8 Å². The number of benzene rings is 1. The van der Waals surface area contributed by atoms with E-state index in [2.05, 4.69) is 15.6 Å². The summed E-state index contributed by atoms with van der Waals surface area (Å²) >= 11 is 0. The van der Waals surface area contributed by atoms with Gasteiger partial charge in [-0.15, -0.1) is 0 Å². The zero-order chi connectivity index (χ0) is 20.8. The average Bonchev–Trinajstić information content (AvgIpc) is 3.13. The van der Waals surface area contributed by atoms with Gasteiger partial charge < -0.3 is 24.8 Å². The zero-order valence-corrected chi connectivity index (χ0v) is 16.4. The van der Waals surface area contributed by atoms with E-state index < -0.39 is 5.91 Å². The van der Waals surface area contributed by atoms with Gasteiger partial charge in [0.2, 0.25) is 5.82 Å². The molecule has 2 amide bonds. The van der Waals surface area contributed by atoms with Crippen LogP contribution in [0.5, 0.6) is 11.5 Å². The van der Waals surface area contributed by atoms with Gasteiger partial charge in [-0.3, -0.25) is 14.0 Å². The Morgan fingerprint density at radius 1 is 1.03 bits per heavy atom. The molecule has 0 saturated heterocycles. The summed E-state index contributed by atoms with van der Waals surface area (Å²) in [4.78, 5) is 29.6. The van der Waals surface area contributed by atoms with Crippen molar-refractivity contribution in [1.82, 2.24) is 14.7 Å². The van der Waals surface area contributed by atoms with Crippen molar-refractivity contribution in [1.29, 1.82) is 0 Å². The lowest BCUT2D eigenvalue weighted by Crippen LogP contribution is -2.27. The highest BCUT2D eigenvalue weighted by Crippen LogP contribution is 2.30. The average molecular weight is 398 g/mol. The second-order valence-corrected chi connectivity index (χ2v) is 6.01. The fourth-order valence-corrected chi connectivity index (χ4v) is 2.82. The van der Waals surface area contributed by atoms with Crippen molar-refractivity contribution < 1.29 is 23.8 Å². The van der Waals surface area contributed by atoms with Crippen LogP contribution in [-0.4, -0.2) is 55.7 Å². The van der Waals surface area contributed by atoms with Crippen LogP contribution >= 0.6 is 0 Å². The van der Waals surface area contributed by atoms with Crippen molar-refractivity contribution in [2.45, 2.75) is 0 Å². The van der Waals surface area contributed by atoms with E-state index in [4.69, 9.17) is 14.2 Å². The zero-order valence-electron chi connectivity index (χ0n) is 16.4. The number of carbonyl (C=O) groups excluding carboxylic acids is 2. The van der Waals surface area contributed by atoms with Gasteiger partial charge in [0.05, 0.1) is 26.3 Å². The molecule has 152 valence electrons. The summed E-state index contributed by atoms with van der Waals surface area (Å²) in [5, 5.41) is 5.49. The smallest absolute Gasteiger partial charge is 0.292 e. The third kappa shape index (κ3) is 4.30. The minimum Gasteiger partial charge on any atom is -0.493 e. The number of nitrogens with zero attached hydrogens (tertiary/aromatic N) is 2. The summed E-state index contributed by atoms with van der Waals surface area (Å²) in [6.45, 7) is 0.721. The first-order valence-electron chi connectivity index (χ1n) is 8.86. The van der Waals surface area contributed by atoms with Crippen LogP contribution in [0.1, 0.15) is 21.1 Å². The number of amides is 2.